The van der Waals surface area contributed by atoms with Crippen LogP contribution in [-0.4, -0.2) is 9.97 Å². The van der Waals surface area contributed by atoms with E-state index in [4.69, 9.17) is 4.42 Å². The topological polar surface area (TPSA) is 56.0 Å². The Bertz CT molecular complexity index is 769. The lowest BCUT2D eigenvalue weighted by Crippen LogP contribution is -2.03. The van der Waals surface area contributed by atoms with Gasteiger partial charge in [-0.15, -0.1) is 0 Å². The minimum Gasteiger partial charge on any atom is -0.403 e. The number of hydrogen-bond donors (Lipinski definition) is 0. The Morgan fingerprint density at radius 2 is 1.89 bits per heavy atom. The van der Waals surface area contributed by atoms with Crippen molar-refractivity contribution in [1.29, 1.82) is 0 Å². The number of fused-ring (bicyclic) bond motifs is 1. The van der Waals surface area contributed by atoms with Crippen molar-refractivity contribution < 1.29 is 8.81 Å². The maximum atomic E-state index is 13.0. The van der Waals surface area contributed by atoms with Crippen LogP contribution in [-0.2, 0) is 0 Å². The van der Waals surface area contributed by atoms with Gasteiger partial charge in [-0.05, 0) is 30.3 Å². The summed E-state index contributed by atoms with van der Waals surface area (Å²) in [6, 6.07) is 7.18. The molecule has 2 aromatic heterocycles. The minimum absolute atomic E-state index is 0.132. The van der Waals surface area contributed by atoms with Crippen molar-refractivity contribution in [3.05, 3.63) is 59.0 Å². The van der Waals surface area contributed by atoms with Gasteiger partial charge in [0.2, 0.25) is 5.89 Å². The normalized spacial score (nSPS) is 10.7. The first kappa shape index (κ1) is 10.6. The zero-order valence-electron chi connectivity index (χ0n) is 9.13. The van der Waals surface area contributed by atoms with Crippen molar-refractivity contribution in [3.8, 4) is 11.5 Å². The Labute approximate surface area is 101 Å². The van der Waals surface area contributed by atoms with Gasteiger partial charge in [0.1, 0.15) is 5.82 Å². The van der Waals surface area contributed by atoms with Crippen LogP contribution in [0, 0.1) is 5.82 Å². The first-order valence-electron chi connectivity index (χ1n) is 5.25. The van der Waals surface area contributed by atoms with E-state index in [2.05, 4.69) is 9.97 Å². The molecule has 0 unspecified atom stereocenters. The quantitative estimate of drug-likeness (QED) is 0.657. The van der Waals surface area contributed by atoms with E-state index in [1.54, 1.807) is 24.5 Å². The van der Waals surface area contributed by atoms with Crippen LogP contribution in [0.1, 0.15) is 0 Å². The molecule has 0 N–H and O–H groups in total. The molecule has 4 nitrogen and oxygen atoms in total. The van der Waals surface area contributed by atoms with E-state index in [0.29, 0.717) is 11.1 Å². The van der Waals surface area contributed by atoms with E-state index in [9.17, 15) is 9.18 Å². The van der Waals surface area contributed by atoms with Crippen molar-refractivity contribution in [1.82, 2.24) is 9.97 Å². The third-order valence-corrected chi connectivity index (χ3v) is 2.52. The molecule has 0 fully saturated rings. The van der Waals surface area contributed by atoms with Gasteiger partial charge in [-0.3, -0.25) is 4.98 Å². The molecule has 0 saturated carbocycles. The minimum atomic E-state index is -0.605. The second-order valence-corrected chi connectivity index (χ2v) is 3.70. The standard InChI is InChI=1S/C13H7FN2O2/c14-9-1-2-11-10(7-9)13(17)18-12(16-11)8-3-5-15-6-4-8/h1-7H. The molecular formula is C13H7FN2O2. The predicted molar refractivity (Wildman–Crippen MR) is 63.5 cm³/mol. The van der Waals surface area contributed by atoms with Gasteiger partial charge in [0.05, 0.1) is 10.9 Å². The Morgan fingerprint density at radius 3 is 2.67 bits per heavy atom. The Hall–Kier alpha value is -2.56. The molecule has 0 atom stereocenters. The SMILES string of the molecule is O=c1oc(-c2ccncc2)nc2ccc(F)cc12. The summed E-state index contributed by atoms with van der Waals surface area (Å²) < 4.78 is 18.1. The van der Waals surface area contributed by atoms with Gasteiger partial charge in [-0.1, -0.05) is 0 Å². The maximum Gasteiger partial charge on any atom is 0.347 e. The lowest BCUT2D eigenvalue weighted by atomic mass is 10.2. The molecular weight excluding hydrogens is 235 g/mol. The number of hydrogen-bond acceptors (Lipinski definition) is 4. The Kier molecular flexibility index (Phi) is 2.37. The molecule has 5 heteroatoms. The smallest absolute Gasteiger partial charge is 0.347 e. The summed E-state index contributed by atoms with van der Waals surface area (Å²) in [5.41, 5.74) is 0.444. The molecule has 0 bridgehead atoms. The molecule has 18 heavy (non-hydrogen) atoms. The molecule has 0 aliphatic heterocycles. The summed E-state index contributed by atoms with van der Waals surface area (Å²) in [4.78, 5) is 19.8. The van der Waals surface area contributed by atoms with Gasteiger partial charge in [0.15, 0.2) is 0 Å². The largest absolute Gasteiger partial charge is 0.403 e. The van der Waals surface area contributed by atoms with Crippen LogP contribution in [0.4, 0.5) is 4.39 Å². The van der Waals surface area contributed by atoms with E-state index in [-0.39, 0.29) is 11.3 Å². The van der Waals surface area contributed by atoms with Gasteiger partial charge in [-0.25, -0.2) is 14.2 Å². The summed E-state index contributed by atoms with van der Waals surface area (Å²) in [5.74, 6) is -0.297. The maximum absolute atomic E-state index is 13.0. The van der Waals surface area contributed by atoms with Crippen molar-refractivity contribution in [2.45, 2.75) is 0 Å². The van der Waals surface area contributed by atoms with Crippen molar-refractivity contribution in [3.63, 3.8) is 0 Å². The molecule has 88 valence electrons. The number of rotatable bonds is 1. The van der Waals surface area contributed by atoms with Crippen molar-refractivity contribution in [2.24, 2.45) is 0 Å². The highest BCUT2D eigenvalue weighted by atomic mass is 19.1. The number of aromatic nitrogens is 2. The molecule has 0 radical (unpaired) electrons. The van der Waals surface area contributed by atoms with E-state index in [1.807, 2.05) is 0 Å². The highest BCUT2D eigenvalue weighted by molar-refractivity contribution is 5.78. The molecule has 3 aromatic rings. The number of halogens is 1. The van der Waals surface area contributed by atoms with E-state index in [1.165, 1.54) is 12.1 Å². The molecule has 0 aliphatic rings. The summed E-state index contributed by atoms with van der Waals surface area (Å²) in [6.07, 6.45) is 3.15. The molecule has 3 rings (SSSR count). The van der Waals surface area contributed by atoms with Gasteiger partial charge < -0.3 is 4.42 Å². The summed E-state index contributed by atoms with van der Waals surface area (Å²) in [6.45, 7) is 0. The Balaban J connectivity index is 2.29. The molecule has 0 amide bonds. The van der Waals surface area contributed by atoms with Crippen LogP contribution in [0.2, 0.25) is 0 Å². The fourth-order valence-corrected chi connectivity index (χ4v) is 1.66. The zero-order valence-corrected chi connectivity index (χ0v) is 9.13. The van der Waals surface area contributed by atoms with E-state index < -0.39 is 11.4 Å². The lowest BCUT2D eigenvalue weighted by Gasteiger charge is -2.00. The van der Waals surface area contributed by atoms with Crippen molar-refractivity contribution >= 4 is 10.9 Å². The van der Waals surface area contributed by atoms with Gasteiger partial charge in [0.25, 0.3) is 0 Å². The summed E-state index contributed by atoms with van der Waals surface area (Å²) in [5, 5.41) is 0.132. The highest BCUT2D eigenvalue weighted by Crippen LogP contribution is 2.17. The lowest BCUT2D eigenvalue weighted by molar-refractivity contribution is 0.517. The van der Waals surface area contributed by atoms with Crippen LogP contribution >= 0.6 is 0 Å². The fourth-order valence-electron chi connectivity index (χ4n) is 1.66. The number of nitrogens with zero attached hydrogens (tertiary/aromatic N) is 2. The second kappa shape index (κ2) is 4.03. The average Bonchev–Trinajstić information content (AvgIpc) is 2.40. The molecule has 0 saturated heterocycles. The van der Waals surface area contributed by atoms with E-state index in [0.717, 1.165) is 6.07 Å². The number of pyridine rings is 1. The summed E-state index contributed by atoms with van der Waals surface area (Å²) >= 11 is 0. The van der Waals surface area contributed by atoms with Crippen molar-refractivity contribution in [2.75, 3.05) is 0 Å². The zero-order chi connectivity index (χ0) is 12.5. The third kappa shape index (κ3) is 1.75. The first-order valence-corrected chi connectivity index (χ1v) is 5.25. The monoisotopic (exact) mass is 242 g/mol. The van der Waals surface area contributed by atoms with Crippen LogP contribution < -0.4 is 5.63 Å². The van der Waals surface area contributed by atoms with Crippen LogP contribution in [0.25, 0.3) is 22.4 Å². The molecule has 0 spiro atoms. The first-order chi connectivity index (χ1) is 8.74. The molecule has 0 aliphatic carbocycles. The predicted octanol–water partition coefficient (Wildman–Crippen LogP) is 2.39. The van der Waals surface area contributed by atoms with Crippen LogP contribution in [0.3, 0.4) is 0 Å². The van der Waals surface area contributed by atoms with Gasteiger partial charge in [0, 0.05) is 18.0 Å². The van der Waals surface area contributed by atoms with Gasteiger partial charge >= 0.3 is 5.63 Å². The third-order valence-electron chi connectivity index (χ3n) is 2.52. The molecule has 1 aromatic carbocycles. The Morgan fingerprint density at radius 1 is 1.11 bits per heavy atom. The van der Waals surface area contributed by atoms with Gasteiger partial charge in [-0.2, -0.15) is 0 Å². The molecule has 2 heterocycles. The van der Waals surface area contributed by atoms with Crippen LogP contribution in [0.15, 0.2) is 51.9 Å². The number of benzene rings is 1. The average molecular weight is 242 g/mol. The van der Waals surface area contributed by atoms with Crippen LogP contribution in [0.5, 0.6) is 0 Å². The second-order valence-electron chi connectivity index (χ2n) is 3.70. The highest BCUT2D eigenvalue weighted by Gasteiger charge is 2.08. The van der Waals surface area contributed by atoms with E-state index >= 15 is 0 Å². The summed E-state index contributed by atoms with van der Waals surface area (Å²) in [7, 11) is 0. The fraction of sp³-hybridized carbons (Fsp3) is 0.